The van der Waals surface area contributed by atoms with E-state index in [4.69, 9.17) is 9.40 Å². The van der Waals surface area contributed by atoms with Crippen molar-refractivity contribution in [3.8, 4) is 39.4 Å². The van der Waals surface area contributed by atoms with E-state index in [2.05, 4.69) is 181 Å². The van der Waals surface area contributed by atoms with Crippen LogP contribution in [0, 0.1) is 0 Å². The van der Waals surface area contributed by atoms with E-state index >= 15 is 0 Å². The Morgan fingerprint density at radius 1 is 0.483 bits per heavy atom. The number of nitrogens with zero attached hydrogens (tertiary/aromatic N) is 3. The molecule has 0 atom stereocenters. The molecule has 9 aromatic carbocycles. The Kier molecular flexibility index (Phi) is 7.54. The van der Waals surface area contributed by atoms with E-state index in [1.165, 1.54) is 54.8 Å². The van der Waals surface area contributed by atoms with Gasteiger partial charge in [0, 0.05) is 50.1 Å². The highest BCUT2D eigenvalue weighted by Crippen LogP contribution is 2.51. The van der Waals surface area contributed by atoms with Crippen molar-refractivity contribution in [1.82, 2.24) is 9.55 Å². The minimum atomic E-state index is -0.0824. The number of anilines is 3. The first-order chi connectivity index (χ1) is 29.5. The van der Waals surface area contributed by atoms with Crippen molar-refractivity contribution >= 4 is 60.7 Å². The maximum Gasteiger partial charge on any atom is 0.227 e. The zero-order chi connectivity index (χ0) is 40.0. The monoisotopic (exact) mass is 769 g/mol. The van der Waals surface area contributed by atoms with Crippen molar-refractivity contribution in [3.05, 3.63) is 211 Å². The molecule has 0 N–H and O–H groups in total. The maximum absolute atomic E-state index is 6.27. The van der Waals surface area contributed by atoms with Crippen molar-refractivity contribution in [2.75, 3.05) is 4.90 Å². The van der Waals surface area contributed by atoms with E-state index in [1.54, 1.807) is 0 Å². The number of hydrogen-bond acceptors (Lipinski definition) is 3. The van der Waals surface area contributed by atoms with Gasteiger partial charge in [0.25, 0.3) is 0 Å². The van der Waals surface area contributed by atoms with Gasteiger partial charge in [-0.1, -0.05) is 135 Å². The summed E-state index contributed by atoms with van der Waals surface area (Å²) in [6.07, 6.45) is 0. The normalized spacial score (nSPS) is 13.0. The number of benzene rings is 9. The largest absolute Gasteiger partial charge is 0.436 e. The second-order valence-electron chi connectivity index (χ2n) is 16.4. The third-order valence-electron chi connectivity index (χ3n) is 12.6. The van der Waals surface area contributed by atoms with Crippen LogP contribution < -0.4 is 4.90 Å². The van der Waals surface area contributed by atoms with Gasteiger partial charge in [-0.15, -0.1) is 0 Å². The highest BCUT2D eigenvalue weighted by molar-refractivity contribution is 6.22. The second kappa shape index (κ2) is 13.2. The molecule has 1 aliphatic carbocycles. The van der Waals surface area contributed by atoms with Crippen LogP contribution in [-0.2, 0) is 5.41 Å². The van der Waals surface area contributed by atoms with Gasteiger partial charge in [0.05, 0.1) is 11.0 Å². The summed E-state index contributed by atoms with van der Waals surface area (Å²) in [6, 6.07) is 72.0. The van der Waals surface area contributed by atoms with Gasteiger partial charge in [-0.25, -0.2) is 4.98 Å². The number of para-hydroxylation sites is 3. The van der Waals surface area contributed by atoms with Crippen LogP contribution in [0.2, 0.25) is 0 Å². The zero-order valence-electron chi connectivity index (χ0n) is 33.3. The summed E-state index contributed by atoms with van der Waals surface area (Å²) in [4.78, 5) is 7.41. The Hall–Kier alpha value is -7.69. The van der Waals surface area contributed by atoms with Gasteiger partial charge < -0.3 is 13.9 Å². The predicted octanol–water partition coefficient (Wildman–Crippen LogP) is 15.2. The molecule has 0 fully saturated rings. The fourth-order valence-electron chi connectivity index (χ4n) is 9.74. The Balaban J connectivity index is 1.05. The molecule has 0 saturated heterocycles. The van der Waals surface area contributed by atoms with Crippen LogP contribution >= 0.6 is 0 Å². The third-order valence-corrected chi connectivity index (χ3v) is 12.6. The van der Waals surface area contributed by atoms with Gasteiger partial charge in [-0.3, -0.25) is 0 Å². The number of oxazole rings is 1. The molecule has 0 amide bonds. The minimum Gasteiger partial charge on any atom is -0.436 e. The van der Waals surface area contributed by atoms with Gasteiger partial charge in [0.2, 0.25) is 5.89 Å². The van der Waals surface area contributed by atoms with Gasteiger partial charge >= 0.3 is 0 Å². The molecular formula is C56H39N3O. The van der Waals surface area contributed by atoms with Gasteiger partial charge in [-0.2, -0.15) is 0 Å². The fourth-order valence-corrected chi connectivity index (χ4v) is 9.74. The van der Waals surface area contributed by atoms with Crippen LogP contribution in [0.25, 0.3) is 83.1 Å². The van der Waals surface area contributed by atoms with Crippen molar-refractivity contribution in [2.24, 2.45) is 0 Å². The highest BCUT2D eigenvalue weighted by Gasteiger charge is 2.35. The van der Waals surface area contributed by atoms with E-state index < -0.39 is 0 Å². The van der Waals surface area contributed by atoms with E-state index in [0.29, 0.717) is 5.89 Å². The molecule has 2 aromatic heterocycles. The molecule has 0 radical (unpaired) electrons. The smallest absolute Gasteiger partial charge is 0.227 e. The zero-order valence-corrected chi connectivity index (χ0v) is 33.3. The standard InChI is InChI=1S/C56H39N3O/c1-56(2)48-21-11-9-18-44(48)47-35-42(31-32-49(47)56)58(40-28-24-36(25-29-40)43-20-13-23-52-54(43)57-55(60-52)38-14-5-3-6-15-38)41-30-26-37-27-33-51-53(46(37)34-41)45-19-10-12-22-50(45)59(51)39-16-7-4-8-17-39/h3-35H,1-2H3. The molecule has 11 aromatic rings. The fraction of sp³-hybridized carbons (Fsp3) is 0.0536. The molecule has 0 spiro atoms. The van der Waals surface area contributed by atoms with Crippen LogP contribution in [0.3, 0.4) is 0 Å². The first-order valence-electron chi connectivity index (χ1n) is 20.6. The molecule has 1 aliphatic rings. The summed E-state index contributed by atoms with van der Waals surface area (Å²) in [5, 5.41) is 4.92. The highest BCUT2D eigenvalue weighted by atomic mass is 16.3. The number of rotatable bonds is 6. The summed E-state index contributed by atoms with van der Waals surface area (Å²) in [5.41, 5.74) is 16.8. The SMILES string of the molecule is CC1(C)c2ccccc2-c2cc(N(c3ccc(-c4cccc5oc(-c6ccccc6)nc45)cc3)c3ccc4ccc5c(c4c3)c3ccccc3n5-c3ccccc3)ccc21. The average Bonchev–Trinajstić information content (AvgIpc) is 3.96. The van der Waals surface area contributed by atoms with Crippen LogP contribution in [0.4, 0.5) is 17.1 Å². The van der Waals surface area contributed by atoms with Crippen LogP contribution in [-0.4, -0.2) is 9.55 Å². The molecule has 60 heavy (non-hydrogen) atoms. The molecule has 0 aliphatic heterocycles. The molecule has 0 unspecified atom stereocenters. The third kappa shape index (κ3) is 5.20. The lowest BCUT2D eigenvalue weighted by atomic mass is 9.82. The first-order valence-corrected chi connectivity index (χ1v) is 20.6. The Morgan fingerprint density at radius 2 is 1.15 bits per heavy atom. The molecule has 4 nitrogen and oxygen atoms in total. The minimum absolute atomic E-state index is 0.0824. The Labute approximate surface area is 348 Å². The van der Waals surface area contributed by atoms with Crippen LogP contribution in [0.5, 0.6) is 0 Å². The van der Waals surface area contributed by atoms with E-state index in [1.807, 2.05) is 42.5 Å². The van der Waals surface area contributed by atoms with Crippen LogP contribution in [0.1, 0.15) is 25.0 Å². The molecular weight excluding hydrogens is 731 g/mol. The van der Waals surface area contributed by atoms with Crippen molar-refractivity contribution in [2.45, 2.75) is 19.3 Å². The van der Waals surface area contributed by atoms with E-state index in [0.717, 1.165) is 50.5 Å². The molecule has 2 heterocycles. The number of aromatic nitrogens is 2. The molecule has 0 saturated carbocycles. The summed E-state index contributed by atoms with van der Waals surface area (Å²) in [6.45, 7) is 4.68. The summed E-state index contributed by atoms with van der Waals surface area (Å²) in [7, 11) is 0. The number of fused-ring (bicyclic) bond motifs is 9. The molecule has 284 valence electrons. The quantitative estimate of drug-likeness (QED) is 0.169. The second-order valence-corrected chi connectivity index (χ2v) is 16.4. The molecule has 12 rings (SSSR count). The number of hydrogen-bond donors (Lipinski definition) is 0. The van der Waals surface area contributed by atoms with E-state index in [-0.39, 0.29) is 5.41 Å². The van der Waals surface area contributed by atoms with Crippen molar-refractivity contribution in [3.63, 3.8) is 0 Å². The topological polar surface area (TPSA) is 34.2 Å². The average molecular weight is 770 g/mol. The van der Waals surface area contributed by atoms with Crippen molar-refractivity contribution in [1.29, 1.82) is 0 Å². The summed E-state index contributed by atoms with van der Waals surface area (Å²) >= 11 is 0. The maximum atomic E-state index is 6.27. The Morgan fingerprint density at radius 3 is 2.00 bits per heavy atom. The van der Waals surface area contributed by atoms with Gasteiger partial charge in [0.15, 0.2) is 5.58 Å². The molecule has 0 bridgehead atoms. The van der Waals surface area contributed by atoms with Gasteiger partial charge in [0.1, 0.15) is 5.52 Å². The lowest BCUT2D eigenvalue weighted by Gasteiger charge is -2.27. The molecule has 4 heteroatoms. The summed E-state index contributed by atoms with van der Waals surface area (Å²) < 4.78 is 8.66. The van der Waals surface area contributed by atoms with E-state index in [9.17, 15) is 0 Å². The summed E-state index contributed by atoms with van der Waals surface area (Å²) in [5.74, 6) is 0.625. The van der Waals surface area contributed by atoms with Gasteiger partial charge in [-0.05, 0) is 117 Å². The first kappa shape index (κ1) is 34.4. The van der Waals surface area contributed by atoms with Crippen LogP contribution in [0.15, 0.2) is 205 Å². The lowest BCUT2D eigenvalue weighted by molar-refractivity contribution is 0.620. The Bertz CT molecular complexity index is 3450. The lowest BCUT2D eigenvalue weighted by Crippen LogP contribution is -2.15. The van der Waals surface area contributed by atoms with Crippen molar-refractivity contribution < 1.29 is 4.42 Å². The predicted molar refractivity (Wildman–Crippen MR) is 249 cm³/mol.